The van der Waals surface area contributed by atoms with Crippen LogP contribution >= 0.6 is 22.9 Å². The molecule has 1 nitrogen and oxygen atoms in total. The minimum atomic E-state index is -10.7. The van der Waals surface area contributed by atoms with Gasteiger partial charge in [0.2, 0.25) is 0 Å². The van der Waals surface area contributed by atoms with Crippen LogP contribution in [0, 0.1) is 0 Å². The number of nitrogens with zero attached hydrogens (tertiary/aromatic N) is 1. The number of hydrogen-bond donors (Lipinski definition) is 0. The number of aryl methyl sites for hydroxylation is 1. The van der Waals surface area contributed by atoms with Gasteiger partial charge in [-0.3, -0.25) is 0 Å². The van der Waals surface area contributed by atoms with E-state index in [1.807, 2.05) is 0 Å². The zero-order chi connectivity index (χ0) is 31.3. The Hall–Kier alpha value is -2.74. The molecule has 0 atom stereocenters. The van der Waals surface area contributed by atoms with E-state index < -0.39 is 22.9 Å². The molecule has 0 aliphatic rings. The maximum absolute atomic E-state index is 10.7. The van der Waals surface area contributed by atoms with E-state index >= 15 is 0 Å². The molecule has 41 heavy (non-hydrogen) atoms. The zero-order valence-corrected chi connectivity index (χ0v) is 23.7. The van der Waals surface area contributed by atoms with Gasteiger partial charge in [0.05, 0.1) is 6.16 Å². The molecule has 4 aromatic rings. The second kappa shape index (κ2) is 10.5. The first kappa shape index (κ1) is 34.5. The Morgan fingerprint density at radius 2 is 0.707 bits per heavy atom. The summed E-state index contributed by atoms with van der Waals surface area (Å²) in [6, 6.07) is 37.7. The Morgan fingerprint density at radius 3 is 0.951 bits per heavy atom. The van der Waals surface area contributed by atoms with E-state index in [1.54, 1.807) is 0 Å². The first-order valence-corrected chi connectivity index (χ1v) is 17.3. The standard InChI is InChI=1S/C25H24NP.2F6P/c1-26-19-17-22(18-20-26)21-27(23-11-5-2-6-12-23,24-13-7-3-8-14-24)25-15-9-4-10-16-25;2*1-7(2,3,4,5)6/h2-20H,21H2,1H3;;/q+2;2*-1. The van der Waals surface area contributed by atoms with Crippen molar-refractivity contribution in [3.05, 3.63) is 121 Å². The Labute approximate surface area is 228 Å². The Morgan fingerprint density at radius 1 is 0.463 bits per heavy atom. The monoisotopic (exact) mass is 659 g/mol. The van der Waals surface area contributed by atoms with Gasteiger partial charge in [0, 0.05) is 17.7 Å². The molecule has 0 radical (unpaired) electrons. The SMILES string of the molecule is C[n+]1ccc(C[P+](c2ccccc2)(c2ccccc2)c2ccccc2)cc1.F[P-](F)(F)(F)(F)F.F[P-](F)(F)(F)(F)F. The van der Waals surface area contributed by atoms with Crippen LogP contribution in [0.3, 0.4) is 0 Å². The molecule has 0 N–H and O–H groups in total. The maximum atomic E-state index is 9.87. The topological polar surface area (TPSA) is 3.88 Å². The van der Waals surface area contributed by atoms with E-state index in [0.717, 1.165) is 6.16 Å². The molecule has 0 amide bonds. The number of aromatic nitrogens is 1. The normalized spacial score (nSPS) is 15.3. The average molecular weight is 659 g/mol. The number of halogens is 12. The number of benzene rings is 3. The van der Waals surface area contributed by atoms with E-state index in [-0.39, 0.29) is 0 Å². The second-order valence-electron chi connectivity index (χ2n) is 8.76. The van der Waals surface area contributed by atoms with Crippen LogP contribution in [0.4, 0.5) is 50.4 Å². The first-order chi connectivity index (χ1) is 18.2. The van der Waals surface area contributed by atoms with Gasteiger partial charge in [-0.2, -0.15) is 0 Å². The number of rotatable bonds is 5. The fraction of sp³-hybridized carbons (Fsp3) is 0.0800. The van der Waals surface area contributed by atoms with Crippen molar-refractivity contribution in [2.45, 2.75) is 6.16 Å². The van der Waals surface area contributed by atoms with Gasteiger partial charge in [-0.15, -0.1) is 0 Å². The van der Waals surface area contributed by atoms with Crippen molar-refractivity contribution in [1.29, 1.82) is 0 Å². The summed E-state index contributed by atoms with van der Waals surface area (Å²) < 4.78 is 120. The Balaban J connectivity index is 0.000000349. The fourth-order valence-corrected chi connectivity index (χ4v) is 7.92. The molecule has 1 heterocycles. The molecule has 228 valence electrons. The van der Waals surface area contributed by atoms with Gasteiger partial charge in [0.25, 0.3) is 0 Å². The van der Waals surface area contributed by atoms with Crippen LogP contribution in [-0.4, -0.2) is 0 Å². The van der Waals surface area contributed by atoms with Crippen molar-refractivity contribution in [1.82, 2.24) is 0 Å². The zero-order valence-electron chi connectivity index (χ0n) is 21.0. The fourth-order valence-electron chi connectivity index (χ4n) is 3.68. The van der Waals surface area contributed by atoms with Crippen LogP contribution < -0.4 is 20.5 Å². The van der Waals surface area contributed by atoms with Crippen LogP contribution in [-0.2, 0) is 13.2 Å². The molecule has 4 rings (SSSR count). The number of hydrogen-bond acceptors (Lipinski definition) is 0. The molecular weight excluding hydrogens is 635 g/mol. The van der Waals surface area contributed by atoms with Gasteiger partial charge in [0.15, 0.2) is 12.4 Å². The van der Waals surface area contributed by atoms with Gasteiger partial charge in [-0.05, 0) is 36.4 Å². The molecule has 0 aliphatic heterocycles. The minimum absolute atomic E-state index is 1.02. The van der Waals surface area contributed by atoms with Gasteiger partial charge in [0.1, 0.15) is 30.2 Å². The molecule has 0 aliphatic carbocycles. The molecule has 1 aromatic heterocycles. The summed E-state index contributed by atoms with van der Waals surface area (Å²) in [5.74, 6) is 0. The molecule has 0 saturated heterocycles. The molecule has 0 bridgehead atoms. The summed E-state index contributed by atoms with van der Waals surface area (Å²) in [4.78, 5) is 0. The van der Waals surface area contributed by atoms with E-state index in [9.17, 15) is 50.4 Å². The van der Waals surface area contributed by atoms with Crippen LogP contribution in [0.1, 0.15) is 5.56 Å². The van der Waals surface area contributed by atoms with E-state index in [2.05, 4.69) is 127 Å². The molecule has 3 aromatic carbocycles. The van der Waals surface area contributed by atoms with Crippen LogP contribution in [0.25, 0.3) is 0 Å². The average Bonchev–Trinajstić information content (AvgIpc) is 2.82. The Kier molecular flexibility index (Phi) is 8.84. The summed E-state index contributed by atoms with van der Waals surface area (Å²) in [6.07, 6.45) is 5.31. The Bertz CT molecular complexity index is 1270. The van der Waals surface area contributed by atoms with Crippen LogP contribution in [0.15, 0.2) is 116 Å². The molecule has 16 heteroatoms. The van der Waals surface area contributed by atoms with E-state index in [1.165, 1.54) is 21.5 Å². The third-order valence-electron chi connectivity index (χ3n) is 5.06. The molecule has 0 fully saturated rings. The molecular formula is C25H24F12NP3. The van der Waals surface area contributed by atoms with Gasteiger partial charge in [-0.1, -0.05) is 54.6 Å². The molecule has 0 saturated carbocycles. The van der Waals surface area contributed by atoms with E-state index in [0.29, 0.717) is 0 Å². The van der Waals surface area contributed by atoms with Crippen LogP contribution in [0.2, 0.25) is 0 Å². The quantitative estimate of drug-likeness (QED) is 0.114. The van der Waals surface area contributed by atoms with Crippen molar-refractivity contribution in [3.8, 4) is 0 Å². The van der Waals surface area contributed by atoms with Crippen molar-refractivity contribution in [2.24, 2.45) is 7.05 Å². The van der Waals surface area contributed by atoms with Gasteiger partial charge >= 0.3 is 66.0 Å². The molecule has 0 spiro atoms. The van der Waals surface area contributed by atoms with Gasteiger partial charge < -0.3 is 0 Å². The summed E-state index contributed by atoms with van der Waals surface area (Å²) >= 11 is 0. The summed E-state index contributed by atoms with van der Waals surface area (Å²) in [6.45, 7) is 0. The second-order valence-corrected chi connectivity index (χ2v) is 16.1. The van der Waals surface area contributed by atoms with E-state index in [4.69, 9.17) is 0 Å². The van der Waals surface area contributed by atoms with Crippen LogP contribution in [0.5, 0.6) is 0 Å². The first-order valence-electron chi connectivity index (χ1n) is 11.3. The third-order valence-corrected chi connectivity index (χ3v) is 9.44. The van der Waals surface area contributed by atoms with Crippen molar-refractivity contribution < 1.29 is 54.9 Å². The molecule has 0 unspecified atom stereocenters. The summed E-state index contributed by atoms with van der Waals surface area (Å²) in [5.41, 5.74) is 1.37. The summed E-state index contributed by atoms with van der Waals surface area (Å²) in [5, 5.41) is 4.28. The predicted molar refractivity (Wildman–Crippen MR) is 144 cm³/mol. The number of pyridine rings is 1. The van der Waals surface area contributed by atoms with Gasteiger partial charge in [-0.25, -0.2) is 4.57 Å². The summed E-state index contributed by atoms with van der Waals surface area (Å²) in [7, 11) is -21.0. The predicted octanol–water partition coefficient (Wildman–Crippen LogP) is 10.8. The van der Waals surface area contributed by atoms with Crippen molar-refractivity contribution in [3.63, 3.8) is 0 Å². The van der Waals surface area contributed by atoms with Crippen molar-refractivity contribution >= 4 is 38.8 Å². The third kappa shape index (κ3) is 15.7. The van der Waals surface area contributed by atoms with Crippen molar-refractivity contribution in [2.75, 3.05) is 0 Å².